The minimum absolute atomic E-state index is 0.516. The zero-order chi connectivity index (χ0) is 17.5. The standard InChI is InChI=1S/C22H22ClNO/c1-2-19-10-6-7-11-21(19)24-15-18-12-13-22(20(23)14-18)25-16-17-8-4-3-5-9-17/h3-14,24H,2,15-16H2,1H3. The van der Waals surface area contributed by atoms with Gasteiger partial charge in [-0.2, -0.15) is 0 Å². The number of halogens is 1. The molecule has 3 aromatic rings. The molecule has 0 fully saturated rings. The van der Waals surface area contributed by atoms with E-state index in [1.807, 2.05) is 48.5 Å². The Morgan fingerprint density at radius 1 is 0.880 bits per heavy atom. The lowest BCUT2D eigenvalue weighted by Gasteiger charge is -2.13. The van der Waals surface area contributed by atoms with E-state index < -0.39 is 0 Å². The predicted octanol–water partition coefficient (Wildman–Crippen LogP) is 6.09. The van der Waals surface area contributed by atoms with Crippen molar-refractivity contribution in [1.29, 1.82) is 0 Å². The van der Waals surface area contributed by atoms with Crippen molar-refractivity contribution in [2.24, 2.45) is 0 Å². The van der Waals surface area contributed by atoms with Crippen LogP contribution >= 0.6 is 11.6 Å². The molecule has 0 radical (unpaired) electrons. The van der Waals surface area contributed by atoms with E-state index in [-0.39, 0.29) is 0 Å². The molecule has 0 aliphatic carbocycles. The van der Waals surface area contributed by atoms with E-state index in [1.54, 1.807) is 0 Å². The van der Waals surface area contributed by atoms with E-state index in [2.05, 4.69) is 36.5 Å². The molecule has 3 rings (SSSR count). The van der Waals surface area contributed by atoms with Crippen LogP contribution in [0, 0.1) is 0 Å². The van der Waals surface area contributed by atoms with Crippen LogP contribution in [0.2, 0.25) is 5.02 Å². The van der Waals surface area contributed by atoms with Crippen LogP contribution in [0.3, 0.4) is 0 Å². The Balaban J connectivity index is 1.61. The normalized spacial score (nSPS) is 10.5. The fraction of sp³-hybridized carbons (Fsp3) is 0.182. The molecule has 0 aliphatic heterocycles. The summed E-state index contributed by atoms with van der Waals surface area (Å²) in [5.74, 6) is 0.711. The van der Waals surface area contributed by atoms with E-state index >= 15 is 0 Å². The van der Waals surface area contributed by atoms with Crippen molar-refractivity contribution in [2.75, 3.05) is 5.32 Å². The molecule has 0 aliphatic rings. The first-order valence-corrected chi connectivity index (χ1v) is 8.91. The third-order valence-corrected chi connectivity index (χ3v) is 4.41. The fourth-order valence-corrected chi connectivity index (χ4v) is 2.96. The predicted molar refractivity (Wildman–Crippen MR) is 105 cm³/mol. The van der Waals surface area contributed by atoms with Gasteiger partial charge in [0.15, 0.2) is 0 Å². The summed E-state index contributed by atoms with van der Waals surface area (Å²) >= 11 is 6.38. The Hall–Kier alpha value is -2.45. The number of ether oxygens (including phenoxy) is 1. The van der Waals surface area contributed by atoms with Gasteiger partial charge in [-0.25, -0.2) is 0 Å². The maximum absolute atomic E-state index is 6.38. The smallest absolute Gasteiger partial charge is 0.138 e. The molecule has 0 amide bonds. The van der Waals surface area contributed by atoms with Crippen molar-refractivity contribution in [3.05, 3.63) is 94.5 Å². The van der Waals surface area contributed by atoms with Crippen molar-refractivity contribution in [3.63, 3.8) is 0 Å². The Kier molecular flexibility index (Phi) is 5.97. The number of aryl methyl sites for hydroxylation is 1. The summed E-state index contributed by atoms with van der Waals surface area (Å²) < 4.78 is 5.82. The van der Waals surface area contributed by atoms with Gasteiger partial charge in [0, 0.05) is 12.2 Å². The van der Waals surface area contributed by atoms with Crippen LogP contribution in [-0.4, -0.2) is 0 Å². The third-order valence-electron chi connectivity index (χ3n) is 4.11. The lowest BCUT2D eigenvalue weighted by atomic mass is 10.1. The highest BCUT2D eigenvalue weighted by Gasteiger charge is 2.05. The summed E-state index contributed by atoms with van der Waals surface area (Å²) in [5, 5.41) is 4.12. The SMILES string of the molecule is CCc1ccccc1NCc1ccc(OCc2ccccc2)c(Cl)c1. The minimum atomic E-state index is 0.516. The van der Waals surface area contributed by atoms with Gasteiger partial charge in [-0.05, 0) is 41.3 Å². The van der Waals surface area contributed by atoms with Gasteiger partial charge >= 0.3 is 0 Å². The lowest BCUT2D eigenvalue weighted by Crippen LogP contribution is -2.02. The molecule has 0 saturated carbocycles. The van der Waals surface area contributed by atoms with Gasteiger partial charge < -0.3 is 10.1 Å². The quantitative estimate of drug-likeness (QED) is 0.555. The molecule has 0 unspecified atom stereocenters. The average molecular weight is 352 g/mol. The van der Waals surface area contributed by atoms with Gasteiger partial charge in [0.25, 0.3) is 0 Å². The van der Waals surface area contributed by atoms with Crippen LogP contribution in [0.15, 0.2) is 72.8 Å². The first kappa shape index (κ1) is 17.4. The largest absolute Gasteiger partial charge is 0.487 e. The number of hydrogen-bond acceptors (Lipinski definition) is 2. The molecule has 3 heteroatoms. The zero-order valence-electron chi connectivity index (χ0n) is 14.3. The molecule has 1 N–H and O–H groups in total. The molecule has 0 spiro atoms. The Morgan fingerprint density at radius 2 is 1.64 bits per heavy atom. The summed E-state index contributed by atoms with van der Waals surface area (Å²) in [4.78, 5) is 0. The van der Waals surface area contributed by atoms with Crippen LogP contribution in [0.4, 0.5) is 5.69 Å². The van der Waals surface area contributed by atoms with E-state index in [0.717, 1.165) is 24.1 Å². The van der Waals surface area contributed by atoms with Gasteiger partial charge in [-0.1, -0.05) is 73.1 Å². The maximum atomic E-state index is 6.38. The maximum Gasteiger partial charge on any atom is 0.138 e. The van der Waals surface area contributed by atoms with Crippen molar-refractivity contribution in [3.8, 4) is 5.75 Å². The summed E-state index contributed by atoms with van der Waals surface area (Å²) in [6, 6.07) is 24.4. The lowest BCUT2D eigenvalue weighted by molar-refractivity contribution is 0.306. The number of para-hydroxylation sites is 1. The highest BCUT2D eigenvalue weighted by molar-refractivity contribution is 6.32. The zero-order valence-corrected chi connectivity index (χ0v) is 15.1. The summed E-state index contributed by atoms with van der Waals surface area (Å²) in [6.07, 6.45) is 1.01. The summed E-state index contributed by atoms with van der Waals surface area (Å²) in [5.41, 5.74) is 4.74. The molecule has 3 aromatic carbocycles. The molecule has 0 heterocycles. The Morgan fingerprint density at radius 3 is 2.40 bits per heavy atom. The van der Waals surface area contributed by atoms with Gasteiger partial charge in [0.1, 0.15) is 12.4 Å². The third kappa shape index (κ3) is 4.77. The van der Waals surface area contributed by atoms with E-state index in [9.17, 15) is 0 Å². The molecule has 25 heavy (non-hydrogen) atoms. The molecule has 0 bridgehead atoms. The monoisotopic (exact) mass is 351 g/mol. The summed E-state index contributed by atoms with van der Waals surface area (Å²) in [7, 11) is 0. The second-order valence-corrected chi connectivity index (χ2v) is 6.31. The first-order chi connectivity index (χ1) is 12.3. The average Bonchev–Trinajstić information content (AvgIpc) is 2.66. The van der Waals surface area contributed by atoms with E-state index in [0.29, 0.717) is 17.4 Å². The molecule has 128 valence electrons. The molecule has 0 saturated heterocycles. The Labute approximate surface area is 154 Å². The van der Waals surface area contributed by atoms with Gasteiger partial charge in [0.05, 0.1) is 5.02 Å². The van der Waals surface area contributed by atoms with Crippen molar-refractivity contribution in [2.45, 2.75) is 26.5 Å². The number of anilines is 1. The van der Waals surface area contributed by atoms with Crippen molar-refractivity contribution >= 4 is 17.3 Å². The van der Waals surface area contributed by atoms with E-state index in [1.165, 1.54) is 11.3 Å². The van der Waals surface area contributed by atoms with Crippen LogP contribution < -0.4 is 10.1 Å². The second kappa shape index (κ2) is 8.59. The number of hydrogen-bond donors (Lipinski definition) is 1. The number of nitrogens with one attached hydrogen (secondary N) is 1. The van der Waals surface area contributed by atoms with E-state index in [4.69, 9.17) is 16.3 Å². The Bertz CT molecular complexity index is 817. The highest BCUT2D eigenvalue weighted by atomic mass is 35.5. The highest BCUT2D eigenvalue weighted by Crippen LogP contribution is 2.27. The second-order valence-electron chi connectivity index (χ2n) is 5.90. The molecular weight excluding hydrogens is 330 g/mol. The molecular formula is C22H22ClNO. The number of benzene rings is 3. The van der Waals surface area contributed by atoms with Crippen LogP contribution in [0.5, 0.6) is 5.75 Å². The van der Waals surface area contributed by atoms with Gasteiger partial charge in [-0.3, -0.25) is 0 Å². The van der Waals surface area contributed by atoms with Crippen molar-refractivity contribution < 1.29 is 4.74 Å². The number of rotatable bonds is 7. The molecule has 2 nitrogen and oxygen atoms in total. The van der Waals surface area contributed by atoms with Crippen LogP contribution in [-0.2, 0) is 19.6 Å². The van der Waals surface area contributed by atoms with Gasteiger partial charge in [0.2, 0.25) is 0 Å². The van der Waals surface area contributed by atoms with Crippen LogP contribution in [0.25, 0.3) is 0 Å². The first-order valence-electron chi connectivity index (χ1n) is 8.53. The fourth-order valence-electron chi connectivity index (χ4n) is 2.71. The topological polar surface area (TPSA) is 21.3 Å². The molecule has 0 atom stereocenters. The minimum Gasteiger partial charge on any atom is -0.487 e. The van der Waals surface area contributed by atoms with Crippen LogP contribution in [0.1, 0.15) is 23.6 Å². The molecule has 0 aromatic heterocycles. The van der Waals surface area contributed by atoms with Gasteiger partial charge in [-0.15, -0.1) is 0 Å². The summed E-state index contributed by atoms with van der Waals surface area (Å²) in [6.45, 7) is 3.41. The van der Waals surface area contributed by atoms with Crippen molar-refractivity contribution in [1.82, 2.24) is 0 Å².